The molecule has 0 saturated heterocycles. The third kappa shape index (κ3) is 4.73. The monoisotopic (exact) mass is 364 g/mol. The number of carbonyl (C=O) groups excluding carboxylic acids is 1. The molecular weight excluding hydrogens is 349 g/mol. The number of rotatable bonds is 6. The maximum Gasteiger partial charge on any atom is 0.406 e. The van der Waals surface area contributed by atoms with Crippen LogP contribution in [0.25, 0.3) is 0 Å². The van der Waals surface area contributed by atoms with Crippen molar-refractivity contribution in [3.8, 4) is 0 Å². The molecule has 0 aliphatic heterocycles. The second-order valence-corrected chi connectivity index (χ2v) is 5.70. The molecule has 0 spiro atoms. The molecule has 1 amide bonds. The van der Waals surface area contributed by atoms with Gasteiger partial charge in [-0.05, 0) is 24.9 Å². The van der Waals surface area contributed by atoms with Crippen LogP contribution in [0.5, 0.6) is 0 Å². The minimum Gasteiger partial charge on any atom is -0.344 e. The van der Waals surface area contributed by atoms with Crippen LogP contribution in [0, 0.1) is 6.92 Å². The number of nitrogens with zero attached hydrogens (tertiary/aromatic N) is 4. The Morgan fingerprint density at radius 2 is 2.17 bits per heavy atom. The van der Waals surface area contributed by atoms with Crippen molar-refractivity contribution in [2.45, 2.75) is 39.0 Å². The predicted molar refractivity (Wildman–Crippen MR) is 79.3 cm³/mol. The first-order valence-corrected chi connectivity index (χ1v) is 7.46. The quantitative estimate of drug-likeness (QED) is 0.790. The van der Waals surface area contributed by atoms with Crippen molar-refractivity contribution in [2.75, 3.05) is 7.05 Å². The molecule has 2 rings (SSSR count). The Hall–Kier alpha value is -2.03. The molecule has 24 heavy (non-hydrogen) atoms. The summed E-state index contributed by atoms with van der Waals surface area (Å²) < 4.78 is 43.3. The van der Waals surface area contributed by atoms with Gasteiger partial charge in [-0.2, -0.15) is 13.2 Å². The molecule has 0 aromatic carbocycles. The molecule has 10 heteroatoms. The van der Waals surface area contributed by atoms with Gasteiger partial charge in [0.2, 0.25) is 11.1 Å². The van der Waals surface area contributed by atoms with Crippen LogP contribution in [-0.4, -0.2) is 38.7 Å². The maximum absolute atomic E-state index is 12.5. The Bertz CT molecular complexity index is 692. The zero-order chi connectivity index (χ0) is 17.9. The van der Waals surface area contributed by atoms with Crippen LogP contribution in [0.2, 0.25) is 5.22 Å². The summed E-state index contributed by atoms with van der Waals surface area (Å²) in [5, 5.41) is 3.84. The molecule has 0 bridgehead atoms. The Balaban J connectivity index is 1.94. The number of aromatic nitrogens is 3. The van der Waals surface area contributed by atoms with E-state index in [9.17, 15) is 18.0 Å². The number of carbonyl (C=O) groups is 1. The largest absolute Gasteiger partial charge is 0.406 e. The zero-order valence-corrected chi connectivity index (χ0v) is 13.9. The van der Waals surface area contributed by atoms with Crippen molar-refractivity contribution in [2.24, 2.45) is 0 Å². The van der Waals surface area contributed by atoms with Gasteiger partial charge < -0.3 is 14.0 Å². The van der Waals surface area contributed by atoms with Crippen molar-refractivity contribution >= 4 is 17.5 Å². The van der Waals surface area contributed by atoms with Gasteiger partial charge in [0.05, 0.1) is 12.2 Å². The van der Waals surface area contributed by atoms with Crippen LogP contribution in [0.4, 0.5) is 13.2 Å². The summed E-state index contributed by atoms with van der Waals surface area (Å²) in [5.41, 5.74) is 1.26. The molecule has 6 nitrogen and oxygen atoms in total. The van der Waals surface area contributed by atoms with E-state index in [1.54, 1.807) is 6.92 Å². The number of alkyl halides is 3. The molecule has 2 aromatic rings. The van der Waals surface area contributed by atoms with Crippen LogP contribution in [-0.2, 0) is 24.3 Å². The molecule has 0 radical (unpaired) electrons. The minimum atomic E-state index is -4.35. The molecule has 0 fully saturated rings. The number of aryl methyl sites for hydroxylation is 1. The Kier molecular flexibility index (Phi) is 5.53. The second kappa shape index (κ2) is 7.25. The van der Waals surface area contributed by atoms with Gasteiger partial charge in [-0.15, -0.1) is 0 Å². The van der Waals surface area contributed by atoms with E-state index in [2.05, 4.69) is 10.1 Å². The standard InChI is InChI=1S/C14H16ClF3N4O2/c1-9-10(13(15)24-20-9)3-4-12(23)21(2)7-11-19-5-6-22(11)8-14(16,17)18/h5-6H,3-4,7-8H2,1-2H3. The fourth-order valence-corrected chi connectivity index (χ4v) is 2.46. The fourth-order valence-electron chi connectivity index (χ4n) is 2.19. The topological polar surface area (TPSA) is 64.2 Å². The van der Waals surface area contributed by atoms with Crippen molar-refractivity contribution in [1.82, 2.24) is 19.6 Å². The van der Waals surface area contributed by atoms with E-state index in [4.69, 9.17) is 16.1 Å². The Labute approximate surface area is 141 Å². The average molecular weight is 365 g/mol. The highest BCUT2D eigenvalue weighted by molar-refractivity contribution is 6.29. The summed E-state index contributed by atoms with van der Waals surface area (Å²) >= 11 is 5.83. The summed E-state index contributed by atoms with van der Waals surface area (Å²) in [6.45, 7) is 0.560. The minimum absolute atomic E-state index is 0.0156. The van der Waals surface area contributed by atoms with Gasteiger partial charge in [0.25, 0.3) is 0 Å². The normalized spacial score (nSPS) is 11.8. The molecule has 132 valence electrons. The van der Waals surface area contributed by atoms with E-state index >= 15 is 0 Å². The molecule has 2 aromatic heterocycles. The van der Waals surface area contributed by atoms with Crippen molar-refractivity contribution in [3.05, 3.63) is 34.7 Å². The summed E-state index contributed by atoms with van der Waals surface area (Å²) in [7, 11) is 1.51. The lowest BCUT2D eigenvalue weighted by atomic mass is 10.1. The van der Waals surface area contributed by atoms with E-state index in [1.165, 1.54) is 24.3 Å². The molecule has 0 N–H and O–H groups in total. The Morgan fingerprint density at radius 1 is 1.46 bits per heavy atom. The molecule has 0 atom stereocenters. The first kappa shape index (κ1) is 18.3. The van der Waals surface area contributed by atoms with Gasteiger partial charge in [0, 0.05) is 31.4 Å². The summed E-state index contributed by atoms with van der Waals surface area (Å²) in [6, 6.07) is 0. The molecule has 2 heterocycles. The SMILES string of the molecule is Cc1noc(Cl)c1CCC(=O)N(C)Cc1nccn1CC(F)(F)F. The van der Waals surface area contributed by atoms with Crippen molar-refractivity contribution in [1.29, 1.82) is 0 Å². The summed E-state index contributed by atoms with van der Waals surface area (Å²) in [5.74, 6) is -0.0735. The van der Waals surface area contributed by atoms with Gasteiger partial charge in [0.1, 0.15) is 12.4 Å². The molecule has 0 unspecified atom stereocenters. The van der Waals surface area contributed by atoms with E-state index in [1.807, 2.05) is 0 Å². The van der Waals surface area contributed by atoms with E-state index in [0.717, 1.165) is 4.57 Å². The highest BCUT2D eigenvalue weighted by Gasteiger charge is 2.29. The van der Waals surface area contributed by atoms with E-state index in [-0.39, 0.29) is 29.9 Å². The zero-order valence-electron chi connectivity index (χ0n) is 13.1. The maximum atomic E-state index is 12.5. The number of hydrogen-bond donors (Lipinski definition) is 0. The molecule has 0 aliphatic carbocycles. The average Bonchev–Trinajstić information content (AvgIpc) is 3.02. The van der Waals surface area contributed by atoms with Gasteiger partial charge in [-0.25, -0.2) is 4.98 Å². The number of halogens is 4. The lowest BCUT2D eigenvalue weighted by Gasteiger charge is -2.18. The third-order valence-corrected chi connectivity index (χ3v) is 3.78. The second-order valence-electron chi connectivity index (χ2n) is 5.36. The van der Waals surface area contributed by atoms with Crippen LogP contribution >= 0.6 is 11.6 Å². The number of amides is 1. The van der Waals surface area contributed by atoms with Crippen molar-refractivity contribution in [3.63, 3.8) is 0 Å². The van der Waals surface area contributed by atoms with Crippen LogP contribution in [0.3, 0.4) is 0 Å². The fraction of sp³-hybridized carbons (Fsp3) is 0.500. The van der Waals surface area contributed by atoms with Crippen LogP contribution in [0.1, 0.15) is 23.5 Å². The van der Waals surface area contributed by atoms with Crippen LogP contribution < -0.4 is 0 Å². The van der Waals surface area contributed by atoms with Gasteiger partial charge in [-0.1, -0.05) is 5.16 Å². The highest BCUT2D eigenvalue weighted by Crippen LogP contribution is 2.21. The predicted octanol–water partition coefficient (Wildman–Crippen LogP) is 2.99. The molecular formula is C14H16ClF3N4O2. The van der Waals surface area contributed by atoms with Gasteiger partial charge in [0.15, 0.2) is 0 Å². The third-order valence-electron chi connectivity index (χ3n) is 3.48. The molecule has 0 aliphatic rings. The van der Waals surface area contributed by atoms with Crippen molar-refractivity contribution < 1.29 is 22.5 Å². The highest BCUT2D eigenvalue weighted by atomic mass is 35.5. The van der Waals surface area contributed by atoms with E-state index in [0.29, 0.717) is 17.7 Å². The van der Waals surface area contributed by atoms with E-state index < -0.39 is 12.7 Å². The lowest BCUT2D eigenvalue weighted by Crippen LogP contribution is -2.29. The summed E-state index contributed by atoms with van der Waals surface area (Å²) in [6.07, 6.45) is -1.35. The lowest BCUT2D eigenvalue weighted by molar-refractivity contribution is -0.141. The molecule has 0 saturated carbocycles. The first-order chi connectivity index (χ1) is 11.2. The van der Waals surface area contributed by atoms with Gasteiger partial charge >= 0.3 is 6.18 Å². The smallest absolute Gasteiger partial charge is 0.344 e. The number of imidazole rings is 1. The van der Waals surface area contributed by atoms with Gasteiger partial charge in [-0.3, -0.25) is 4.79 Å². The van der Waals surface area contributed by atoms with Crippen LogP contribution in [0.15, 0.2) is 16.9 Å². The first-order valence-electron chi connectivity index (χ1n) is 7.08. The number of hydrogen-bond acceptors (Lipinski definition) is 4. The summed E-state index contributed by atoms with van der Waals surface area (Å²) in [4.78, 5) is 17.4. The Morgan fingerprint density at radius 3 is 2.75 bits per heavy atom.